The van der Waals surface area contributed by atoms with E-state index in [0.29, 0.717) is 12.1 Å². The number of likely N-dealkylation sites (tertiary alicyclic amines) is 1. The minimum atomic E-state index is 0.356. The van der Waals surface area contributed by atoms with Crippen molar-refractivity contribution in [2.24, 2.45) is 0 Å². The molecule has 1 aliphatic rings. The maximum Gasteiger partial charge on any atom is 0.0570 e. The van der Waals surface area contributed by atoms with Gasteiger partial charge in [0.1, 0.15) is 0 Å². The Balaban J connectivity index is 1.86. The molecule has 0 radical (unpaired) electrons. The number of rotatable bonds is 3. The summed E-state index contributed by atoms with van der Waals surface area (Å²) in [5.41, 5.74) is 1.14. The van der Waals surface area contributed by atoms with Gasteiger partial charge in [0, 0.05) is 18.3 Å². The highest BCUT2D eigenvalue weighted by molar-refractivity contribution is 5.07. The quantitative estimate of drug-likeness (QED) is 0.840. The minimum absolute atomic E-state index is 0.356. The molecule has 2 rings (SSSR count). The smallest absolute Gasteiger partial charge is 0.0570 e. The Morgan fingerprint density at radius 3 is 2.75 bits per heavy atom. The van der Waals surface area contributed by atoms with Gasteiger partial charge in [-0.2, -0.15) is 0 Å². The molecule has 1 aromatic rings. The largest absolute Gasteiger partial charge is 0.306 e. The molecule has 0 aliphatic carbocycles. The normalized spacial score (nSPS) is 20.9. The molecule has 2 heterocycles. The molecule has 0 spiro atoms. The number of nitrogens with zero attached hydrogens (tertiary/aromatic N) is 2. The van der Waals surface area contributed by atoms with E-state index in [9.17, 15) is 0 Å². The van der Waals surface area contributed by atoms with Crippen LogP contribution in [0.1, 0.15) is 31.5 Å². The fourth-order valence-electron chi connectivity index (χ4n) is 2.25. The van der Waals surface area contributed by atoms with Crippen molar-refractivity contribution in [2.75, 3.05) is 20.1 Å². The molecule has 1 N–H and O–H groups in total. The minimum Gasteiger partial charge on any atom is -0.306 e. The molecular formula is C13H21N3. The lowest BCUT2D eigenvalue weighted by Gasteiger charge is -2.31. The lowest BCUT2D eigenvalue weighted by Crippen LogP contribution is -2.41. The number of pyridine rings is 1. The van der Waals surface area contributed by atoms with Crippen LogP contribution in [0.3, 0.4) is 0 Å². The van der Waals surface area contributed by atoms with E-state index >= 15 is 0 Å². The van der Waals surface area contributed by atoms with Crippen LogP contribution >= 0.6 is 0 Å². The molecule has 1 unspecified atom stereocenters. The first-order valence-electron chi connectivity index (χ1n) is 6.11. The van der Waals surface area contributed by atoms with Crippen molar-refractivity contribution >= 4 is 0 Å². The Kier molecular flexibility index (Phi) is 3.91. The molecule has 1 fully saturated rings. The second kappa shape index (κ2) is 5.41. The van der Waals surface area contributed by atoms with Gasteiger partial charge in [0.2, 0.25) is 0 Å². The Labute approximate surface area is 97.9 Å². The molecule has 1 saturated heterocycles. The maximum atomic E-state index is 4.39. The molecular weight excluding hydrogens is 198 g/mol. The van der Waals surface area contributed by atoms with Gasteiger partial charge in [0.25, 0.3) is 0 Å². The molecule has 1 aromatic heterocycles. The second-order valence-electron chi connectivity index (χ2n) is 4.72. The molecule has 3 nitrogen and oxygen atoms in total. The van der Waals surface area contributed by atoms with Gasteiger partial charge in [0.15, 0.2) is 0 Å². The third kappa shape index (κ3) is 3.03. The zero-order valence-corrected chi connectivity index (χ0v) is 10.2. The van der Waals surface area contributed by atoms with Crippen molar-refractivity contribution in [2.45, 2.75) is 31.8 Å². The fourth-order valence-corrected chi connectivity index (χ4v) is 2.25. The first-order valence-corrected chi connectivity index (χ1v) is 6.11. The third-order valence-electron chi connectivity index (χ3n) is 3.34. The number of nitrogens with one attached hydrogen (secondary N) is 1. The Hall–Kier alpha value is -0.930. The second-order valence-corrected chi connectivity index (χ2v) is 4.72. The highest BCUT2D eigenvalue weighted by Crippen LogP contribution is 2.14. The van der Waals surface area contributed by atoms with Crippen LogP contribution in [0.2, 0.25) is 0 Å². The topological polar surface area (TPSA) is 28.2 Å². The lowest BCUT2D eigenvalue weighted by molar-refractivity contribution is 0.226. The first kappa shape index (κ1) is 11.6. The summed E-state index contributed by atoms with van der Waals surface area (Å²) >= 11 is 0. The summed E-state index contributed by atoms with van der Waals surface area (Å²) in [5.74, 6) is 0. The van der Waals surface area contributed by atoms with Gasteiger partial charge in [-0.3, -0.25) is 4.98 Å². The van der Waals surface area contributed by atoms with Gasteiger partial charge < -0.3 is 10.2 Å². The van der Waals surface area contributed by atoms with Crippen molar-refractivity contribution in [1.29, 1.82) is 0 Å². The third-order valence-corrected chi connectivity index (χ3v) is 3.34. The van der Waals surface area contributed by atoms with Crippen molar-refractivity contribution < 1.29 is 0 Å². The van der Waals surface area contributed by atoms with E-state index in [1.165, 1.54) is 25.9 Å². The molecule has 1 atom stereocenters. The lowest BCUT2D eigenvalue weighted by atomic mass is 10.0. The molecule has 0 saturated carbocycles. The summed E-state index contributed by atoms with van der Waals surface area (Å²) < 4.78 is 0. The van der Waals surface area contributed by atoms with Crippen molar-refractivity contribution in [3.8, 4) is 0 Å². The van der Waals surface area contributed by atoms with E-state index < -0.39 is 0 Å². The van der Waals surface area contributed by atoms with Gasteiger partial charge in [-0.1, -0.05) is 6.07 Å². The fraction of sp³-hybridized carbons (Fsp3) is 0.615. The molecule has 0 amide bonds. The van der Waals surface area contributed by atoms with Gasteiger partial charge in [-0.05, 0) is 52.0 Å². The van der Waals surface area contributed by atoms with E-state index in [1.54, 1.807) is 0 Å². The molecule has 0 aromatic carbocycles. The number of hydrogen-bond donors (Lipinski definition) is 1. The van der Waals surface area contributed by atoms with E-state index in [-0.39, 0.29) is 0 Å². The summed E-state index contributed by atoms with van der Waals surface area (Å²) in [7, 11) is 2.19. The van der Waals surface area contributed by atoms with Gasteiger partial charge in [0.05, 0.1) is 5.69 Å². The molecule has 0 bridgehead atoms. The number of hydrogen-bond acceptors (Lipinski definition) is 3. The van der Waals surface area contributed by atoms with E-state index in [4.69, 9.17) is 0 Å². The predicted molar refractivity (Wildman–Crippen MR) is 66.3 cm³/mol. The van der Waals surface area contributed by atoms with Crippen LogP contribution in [0.15, 0.2) is 24.4 Å². The summed E-state index contributed by atoms with van der Waals surface area (Å²) in [6.45, 7) is 4.60. The van der Waals surface area contributed by atoms with E-state index in [0.717, 1.165) is 5.69 Å². The molecule has 1 aliphatic heterocycles. The van der Waals surface area contributed by atoms with Crippen LogP contribution < -0.4 is 5.32 Å². The summed E-state index contributed by atoms with van der Waals surface area (Å²) in [5, 5.41) is 3.67. The zero-order valence-electron chi connectivity index (χ0n) is 10.2. The first-order chi connectivity index (χ1) is 7.75. The van der Waals surface area contributed by atoms with Crippen molar-refractivity contribution in [3.63, 3.8) is 0 Å². The van der Waals surface area contributed by atoms with Crippen molar-refractivity contribution in [3.05, 3.63) is 30.1 Å². The number of piperidine rings is 1. The molecule has 16 heavy (non-hydrogen) atoms. The average molecular weight is 219 g/mol. The van der Waals surface area contributed by atoms with Crippen LogP contribution in [0.4, 0.5) is 0 Å². The number of aromatic nitrogens is 1. The van der Waals surface area contributed by atoms with Gasteiger partial charge in [-0.15, -0.1) is 0 Å². The Bertz CT molecular complexity index is 304. The molecule has 88 valence electrons. The highest BCUT2D eigenvalue weighted by Gasteiger charge is 2.18. The molecule has 3 heteroatoms. The van der Waals surface area contributed by atoms with Crippen molar-refractivity contribution in [1.82, 2.24) is 15.2 Å². The van der Waals surface area contributed by atoms with E-state index in [2.05, 4.69) is 41.3 Å². The highest BCUT2D eigenvalue weighted by atomic mass is 15.1. The summed E-state index contributed by atoms with van der Waals surface area (Å²) in [4.78, 5) is 6.78. The van der Waals surface area contributed by atoms with Crippen LogP contribution in [0, 0.1) is 0 Å². The SMILES string of the molecule is CC(NC1CCN(C)CC1)c1ccccn1. The van der Waals surface area contributed by atoms with Crippen LogP contribution in [0.5, 0.6) is 0 Å². The monoisotopic (exact) mass is 219 g/mol. The van der Waals surface area contributed by atoms with Gasteiger partial charge in [-0.25, -0.2) is 0 Å². The van der Waals surface area contributed by atoms with E-state index in [1.807, 2.05) is 12.3 Å². The zero-order chi connectivity index (χ0) is 11.4. The van der Waals surface area contributed by atoms with Crippen LogP contribution in [-0.4, -0.2) is 36.1 Å². The maximum absolute atomic E-state index is 4.39. The Morgan fingerprint density at radius 2 is 2.12 bits per heavy atom. The van der Waals surface area contributed by atoms with Crippen LogP contribution in [0.25, 0.3) is 0 Å². The predicted octanol–water partition coefficient (Wildman–Crippen LogP) is 1.83. The summed E-state index contributed by atoms with van der Waals surface area (Å²) in [6.07, 6.45) is 4.35. The van der Waals surface area contributed by atoms with Gasteiger partial charge >= 0.3 is 0 Å². The standard InChI is InChI=1S/C13H21N3/c1-11(13-5-3-4-8-14-13)15-12-6-9-16(2)10-7-12/h3-5,8,11-12,15H,6-7,9-10H2,1-2H3. The summed E-state index contributed by atoms with van der Waals surface area (Å²) in [6, 6.07) is 7.11. The van der Waals surface area contributed by atoms with Crippen LogP contribution in [-0.2, 0) is 0 Å². The Morgan fingerprint density at radius 1 is 1.38 bits per heavy atom. The average Bonchev–Trinajstić information content (AvgIpc) is 2.33.